The lowest BCUT2D eigenvalue weighted by Crippen LogP contribution is -2.50. The minimum atomic E-state index is -0.365. The molecule has 1 fully saturated rings. The highest BCUT2D eigenvalue weighted by Crippen LogP contribution is 2.22. The Morgan fingerprint density at radius 2 is 2.24 bits per heavy atom. The molecule has 1 saturated heterocycles. The molecule has 21 heavy (non-hydrogen) atoms. The van der Waals surface area contributed by atoms with E-state index in [1.807, 2.05) is 6.92 Å². The first-order valence-electron chi connectivity index (χ1n) is 7.17. The number of hydrogen-bond donors (Lipinski definition) is 1. The normalized spacial score (nSPS) is 19.8. The molecule has 0 spiro atoms. The molecule has 116 valence electrons. The van der Waals surface area contributed by atoms with E-state index in [-0.39, 0.29) is 30.3 Å². The van der Waals surface area contributed by atoms with Crippen molar-refractivity contribution >= 4 is 23.6 Å². The zero-order valence-corrected chi connectivity index (χ0v) is 13.5. The lowest BCUT2D eigenvalue weighted by Gasteiger charge is -2.25. The molecule has 1 aromatic heterocycles. The van der Waals surface area contributed by atoms with E-state index >= 15 is 0 Å². The van der Waals surface area contributed by atoms with Crippen molar-refractivity contribution in [2.24, 2.45) is 5.92 Å². The van der Waals surface area contributed by atoms with Crippen LogP contribution in [0.5, 0.6) is 0 Å². The molecule has 2 atom stereocenters. The molecule has 2 rings (SSSR count). The third kappa shape index (κ3) is 4.03. The quantitative estimate of drug-likeness (QED) is 0.902. The SMILES string of the molecule is CC(C)[C@H](C)NC(=O)[C@H]1CSCN1C(=O)Cc1ccoc1. The van der Waals surface area contributed by atoms with Gasteiger partial charge in [0.15, 0.2) is 0 Å². The molecule has 1 aliphatic heterocycles. The summed E-state index contributed by atoms with van der Waals surface area (Å²) in [6, 6.07) is 1.52. The van der Waals surface area contributed by atoms with Crippen molar-refractivity contribution in [3.05, 3.63) is 24.2 Å². The van der Waals surface area contributed by atoms with Crippen LogP contribution in [-0.2, 0) is 16.0 Å². The summed E-state index contributed by atoms with van der Waals surface area (Å²) in [4.78, 5) is 26.3. The van der Waals surface area contributed by atoms with Crippen molar-refractivity contribution in [1.29, 1.82) is 0 Å². The Hall–Kier alpha value is -1.43. The van der Waals surface area contributed by atoms with Crippen LogP contribution in [0.4, 0.5) is 0 Å². The molecular weight excluding hydrogens is 288 g/mol. The highest BCUT2D eigenvalue weighted by molar-refractivity contribution is 7.99. The summed E-state index contributed by atoms with van der Waals surface area (Å²) < 4.78 is 4.98. The first-order chi connectivity index (χ1) is 9.99. The minimum absolute atomic E-state index is 0.0289. The maximum Gasteiger partial charge on any atom is 0.243 e. The van der Waals surface area contributed by atoms with Gasteiger partial charge in [-0.15, -0.1) is 11.8 Å². The third-order valence-electron chi connectivity index (χ3n) is 3.81. The number of rotatable bonds is 5. The van der Waals surface area contributed by atoms with Gasteiger partial charge in [-0.25, -0.2) is 0 Å². The molecular formula is C15H22N2O3S. The first kappa shape index (κ1) is 15.9. The number of carbonyl (C=O) groups is 2. The Balaban J connectivity index is 1.96. The van der Waals surface area contributed by atoms with Gasteiger partial charge >= 0.3 is 0 Å². The van der Waals surface area contributed by atoms with Crippen LogP contribution in [0.3, 0.4) is 0 Å². The van der Waals surface area contributed by atoms with E-state index in [0.29, 0.717) is 17.5 Å². The molecule has 0 aromatic carbocycles. The molecule has 1 aliphatic rings. The van der Waals surface area contributed by atoms with E-state index in [4.69, 9.17) is 4.42 Å². The van der Waals surface area contributed by atoms with Crippen LogP contribution < -0.4 is 5.32 Å². The van der Waals surface area contributed by atoms with Crippen molar-refractivity contribution in [2.45, 2.75) is 39.3 Å². The van der Waals surface area contributed by atoms with E-state index in [2.05, 4.69) is 19.2 Å². The topological polar surface area (TPSA) is 62.6 Å². The van der Waals surface area contributed by atoms with Crippen LogP contribution in [0.1, 0.15) is 26.3 Å². The molecule has 1 aromatic rings. The number of amides is 2. The van der Waals surface area contributed by atoms with Crippen molar-refractivity contribution in [3.8, 4) is 0 Å². The van der Waals surface area contributed by atoms with Gasteiger partial charge in [0.2, 0.25) is 11.8 Å². The lowest BCUT2D eigenvalue weighted by atomic mass is 10.1. The average molecular weight is 310 g/mol. The Morgan fingerprint density at radius 1 is 1.48 bits per heavy atom. The van der Waals surface area contributed by atoms with E-state index in [0.717, 1.165) is 5.56 Å². The van der Waals surface area contributed by atoms with Crippen LogP contribution in [0.15, 0.2) is 23.0 Å². The molecule has 6 heteroatoms. The fourth-order valence-electron chi connectivity index (χ4n) is 2.06. The van der Waals surface area contributed by atoms with Gasteiger partial charge < -0.3 is 14.6 Å². The summed E-state index contributed by atoms with van der Waals surface area (Å²) in [5, 5.41) is 3.00. The maximum absolute atomic E-state index is 12.3. The number of furan rings is 1. The molecule has 0 saturated carbocycles. The molecule has 0 bridgehead atoms. The highest BCUT2D eigenvalue weighted by atomic mass is 32.2. The number of hydrogen-bond acceptors (Lipinski definition) is 4. The second-order valence-electron chi connectivity index (χ2n) is 5.73. The number of thioether (sulfide) groups is 1. The second-order valence-corrected chi connectivity index (χ2v) is 6.73. The van der Waals surface area contributed by atoms with E-state index in [1.165, 1.54) is 0 Å². The molecule has 0 unspecified atom stereocenters. The highest BCUT2D eigenvalue weighted by Gasteiger charge is 2.35. The largest absolute Gasteiger partial charge is 0.472 e. The summed E-state index contributed by atoms with van der Waals surface area (Å²) in [5.74, 6) is 1.53. The van der Waals surface area contributed by atoms with Gasteiger partial charge in [0.1, 0.15) is 6.04 Å². The summed E-state index contributed by atoms with van der Waals surface area (Å²) in [6.07, 6.45) is 3.40. The zero-order chi connectivity index (χ0) is 15.4. The minimum Gasteiger partial charge on any atom is -0.472 e. The standard InChI is InChI=1S/C15H22N2O3S/c1-10(2)11(3)16-15(19)13-8-21-9-17(13)14(18)6-12-4-5-20-7-12/h4-5,7,10-11,13H,6,8-9H2,1-3H3,(H,16,19)/t11-,13+/m0/s1. The number of carbonyl (C=O) groups excluding carboxylic acids is 2. The summed E-state index contributed by atoms with van der Waals surface area (Å²) in [5.41, 5.74) is 0.839. The Labute approximate surface area is 129 Å². The summed E-state index contributed by atoms with van der Waals surface area (Å²) in [6.45, 7) is 6.12. The van der Waals surface area contributed by atoms with Gasteiger partial charge in [0.05, 0.1) is 24.8 Å². The van der Waals surface area contributed by atoms with Crippen LogP contribution in [0.25, 0.3) is 0 Å². The molecule has 0 aliphatic carbocycles. The fraction of sp³-hybridized carbons (Fsp3) is 0.600. The smallest absolute Gasteiger partial charge is 0.243 e. The monoisotopic (exact) mass is 310 g/mol. The fourth-order valence-corrected chi connectivity index (χ4v) is 3.24. The van der Waals surface area contributed by atoms with Crippen molar-refractivity contribution in [2.75, 3.05) is 11.6 Å². The van der Waals surface area contributed by atoms with Gasteiger partial charge in [-0.2, -0.15) is 0 Å². The van der Waals surface area contributed by atoms with Crippen LogP contribution in [0, 0.1) is 5.92 Å². The second kappa shape index (κ2) is 7.02. The van der Waals surface area contributed by atoms with Crippen LogP contribution >= 0.6 is 11.8 Å². The van der Waals surface area contributed by atoms with Gasteiger partial charge in [0.25, 0.3) is 0 Å². The first-order valence-corrected chi connectivity index (χ1v) is 8.33. The molecule has 2 heterocycles. The Morgan fingerprint density at radius 3 is 2.86 bits per heavy atom. The summed E-state index contributed by atoms with van der Waals surface area (Å²) >= 11 is 1.62. The van der Waals surface area contributed by atoms with Crippen LogP contribution in [0.2, 0.25) is 0 Å². The van der Waals surface area contributed by atoms with Gasteiger partial charge in [-0.1, -0.05) is 13.8 Å². The lowest BCUT2D eigenvalue weighted by molar-refractivity contribution is -0.137. The van der Waals surface area contributed by atoms with Gasteiger partial charge in [-0.3, -0.25) is 9.59 Å². The predicted octanol–water partition coefficient (Wildman–Crippen LogP) is 1.88. The van der Waals surface area contributed by atoms with Crippen molar-refractivity contribution in [3.63, 3.8) is 0 Å². The van der Waals surface area contributed by atoms with Gasteiger partial charge in [-0.05, 0) is 24.5 Å². The Kier molecular flexibility index (Phi) is 5.33. The van der Waals surface area contributed by atoms with E-state index in [9.17, 15) is 9.59 Å². The van der Waals surface area contributed by atoms with Crippen molar-refractivity contribution < 1.29 is 14.0 Å². The molecule has 1 N–H and O–H groups in total. The van der Waals surface area contributed by atoms with E-state index in [1.54, 1.807) is 35.3 Å². The van der Waals surface area contributed by atoms with Crippen molar-refractivity contribution in [1.82, 2.24) is 10.2 Å². The predicted molar refractivity (Wildman–Crippen MR) is 82.8 cm³/mol. The van der Waals surface area contributed by atoms with Gasteiger partial charge in [0, 0.05) is 11.8 Å². The molecule has 0 radical (unpaired) electrons. The van der Waals surface area contributed by atoms with Crippen LogP contribution in [-0.4, -0.2) is 40.4 Å². The summed E-state index contributed by atoms with van der Waals surface area (Å²) in [7, 11) is 0. The molecule has 2 amide bonds. The Bertz CT molecular complexity index is 487. The number of nitrogens with one attached hydrogen (secondary N) is 1. The molecule has 5 nitrogen and oxygen atoms in total. The number of nitrogens with zero attached hydrogens (tertiary/aromatic N) is 1. The van der Waals surface area contributed by atoms with E-state index < -0.39 is 0 Å². The maximum atomic E-state index is 12.3. The third-order valence-corrected chi connectivity index (χ3v) is 4.82. The zero-order valence-electron chi connectivity index (χ0n) is 12.7. The average Bonchev–Trinajstić information content (AvgIpc) is 3.08.